The molecule has 1 aliphatic carbocycles. The van der Waals surface area contributed by atoms with E-state index >= 15 is 0 Å². The largest absolute Gasteiger partial charge is 0.451 e. The van der Waals surface area contributed by atoms with E-state index in [2.05, 4.69) is 30.6 Å². The lowest BCUT2D eigenvalue weighted by molar-refractivity contribution is -0.145. The number of aromatic nitrogens is 4. The van der Waals surface area contributed by atoms with Crippen LogP contribution < -0.4 is 10.6 Å². The van der Waals surface area contributed by atoms with Gasteiger partial charge in [-0.3, -0.25) is 10.1 Å². The van der Waals surface area contributed by atoms with Gasteiger partial charge in [0.15, 0.2) is 0 Å². The van der Waals surface area contributed by atoms with Gasteiger partial charge in [0.05, 0.1) is 22.8 Å². The number of nitrogens with one attached hydrogen (secondary N) is 2. The van der Waals surface area contributed by atoms with Crippen molar-refractivity contribution in [2.24, 2.45) is 5.92 Å². The first-order chi connectivity index (χ1) is 13.7. The highest BCUT2D eigenvalue weighted by Crippen LogP contribution is 2.38. The Morgan fingerprint density at radius 1 is 1.21 bits per heavy atom. The molecule has 1 amide bonds. The Bertz CT molecular complexity index is 1100. The molecule has 3 heterocycles. The molecular weight excluding hydrogens is 413 g/mol. The Kier molecular flexibility index (Phi) is 4.78. The fourth-order valence-electron chi connectivity index (χ4n) is 3.17. The van der Waals surface area contributed by atoms with Crippen molar-refractivity contribution in [1.29, 1.82) is 0 Å². The van der Waals surface area contributed by atoms with Gasteiger partial charge in [-0.25, -0.2) is 19.9 Å². The smallest absolute Gasteiger partial charge is 0.349 e. The maximum absolute atomic E-state index is 12.6. The van der Waals surface area contributed by atoms with E-state index in [1.165, 1.54) is 12.4 Å². The van der Waals surface area contributed by atoms with Crippen LogP contribution in [0.1, 0.15) is 17.9 Å². The maximum Gasteiger partial charge on any atom is 0.451 e. The van der Waals surface area contributed by atoms with E-state index in [1.54, 1.807) is 0 Å². The minimum absolute atomic E-state index is 0.0118. The van der Waals surface area contributed by atoms with Crippen LogP contribution in [0, 0.1) is 5.92 Å². The molecule has 1 saturated carbocycles. The van der Waals surface area contributed by atoms with Crippen LogP contribution in [-0.4, -0.2) is 51.2 Å². The summed E-state index contributed by atoms with van der Waals surface area (Å²) in [6, 6.07) is 0.591. The molecule has 3 unspecified atom stereocenters. The van der Waals surface area contributed by atoms with E-state index in [1.807, 2.05) is 0 Å². The lowest BCUT2D eigenvalue weighted by atomic mass is 10.1. The summed E-state index contributed by atoms with van der Waals surface area (Å²) in [4.78, 5) is 27.1. The van der Waals surface area contributed by atoms with Crippen LogP contribution in [0.4, 0.5) is 13.2 Å². The predicted molar refractivity (Wildman–Crippen MR) is 92.7 cm³/mol. The number of rotatable bonds is 4. The average Bonchev–Trinajstić information content (AvgIpc) is 3.34. The molecule has 9 nitrogen and oxygen atoms in total. The zero-order chi connectivity index (χ0) is 20.8. The van der Waals surface area contributed by atoms with Gasteiger partial charge in [0.25, 0.3) is 0 Å². The second-order valence-corrected chi connectivity index (χ2v) is 7.53. The molecular formula is C16H13F3N6O3S. The summed E-state index contributed by atoms with van der Waals surface area (Å²) < 4.78 is 60.4. The number of nitrogens with zero attached hydrogens (tertiary/aromatic N) is 4. The minimum Gasteiger partial charge on any atom is -0.349 e. The number of alkyl halides is 3. The van der Waals surface area contributed by atoms with Gasteiger partial charge in [0, 0.05) is 29.9 Å². The number of hydrogen-bond donors (Lipinski definition) is 2. The van der Waals surface area contributed by atoms with Crippen LogP contribution in [0.25, 0.3) is 11.3 Å². The molecule has 1 aliphatic heterocycles. The van der Waals surface area contributed by atoms with Gasteiger partial charge in [0.2, 0.25) is 22.0 Å². The van der Waals surface area contributed by atoms with E-state index in [4.69, 9.17) is 0 Å². The first kappa shape index (κ1) is 19.4. The number of hydrogen-bond acceptors (Lipinski definition) is 8. The number of piperidine rings is 1. The molecule has 1 saturated heterocycles. The van der Waals surface area contributed by atoms with Gasteiger partial charge >= 0.3 is 6.18 Å². The lowest BCUT2D eigenvalue weighted by Gasteiger charge is -2.13. The summed E-state index contributed by atoms with van der Waals surface area (Å²) in [5.74, 6) is -1.86. The van der Waals surface area contributed by atoms with Gasteiger partial charge in [-0.05, 0) is 12.5 Å². The summed E-state index contributed by atoms with van der Waals surface area (Å²) in [6.45, 7) is -0.0118. The zero-order valence-corrected chi connectivity index (χ0v) is 15.3. The zero-order valence-electron chi connectivity index (χ0n) is 14.5. The number of fused-ring (bicyclic) bond motifs is 1. The number of halogens is 3. The van der Waals surface area contributed by atoms with Crippen molar-refractivity contribution < 1.29 is 26.4 Å². The SMILES string of the molecule is O=C(NCc1cc(-c2cnc(C(F)(F)F)nc2)ncn1)C1NC2CC2C1=S(=O)=O. The van der Waals surface area contributed by atoms with Crippen molar-refractivity contribution in [2.75, 3.05) is 0 Å². The summed E-state index contributed by atoms with van der Waals surface area (Å²) in [5.41, 5.74) is 0.921. The first-order valence-electron chi connectivity index (χ1n) is 8.44. The molecule has 3 atom stereocenters. The van der Waals surface area contributed by atoms with E-state index in [-0.39, 0.29) is 34.6 Å². The molecule has 4 rings (SSSR count). The molecule has 0 aromatic carbocycles. The Balaban J connectivity index is 1.44. The molecule has 2 N–H and O–H groups in total. The molecule has 2 aromatic rings. The topological polar surface area (TPSA) is 127 Å². The van der Waals surface area contributed by atoms with Gasteiger partial charge in [0.1, 0.15) is 12.4 Å². The quantitative estimate of drug-likeness (QED) is 0.654. The van der Waals surface area contributed by atoms with Crippen molar-refractivity contribution in [3.05, 3.63) is 36.3 Å². The van der Waals surface area contributed by atoms with Gasteiger partial charge < -0.3 is 5.32 Å². The summed E-state index contributed by atoms with van der Waals surface area (Å²) in [6.07, 6.45) is -0.739. The fourth-order valence-corrected chi connectivity index (χ4v) is 4.04. The highest BCUT2D eigenvalue weighted by atomic mass is 32.2. The Morgan fingerprint density at radius 3 is 2.59 bits per heavy atom. The van der Waals surface area contributed by atoms with Crippen molar-refractivity contribution in [2.45, 2.75) is 31.2 Å². The van der Waals surface area contributed by atoms with Crippen LogP contribution >= 0.6 is 0 Å². The molecule has 13 heteroatoms. The van der Waals surface area contributed by atoms with Crippen LogP contribution in [0.15, 0.2) is 24.8 Å². The van der Waals surface area contributed by atoms with E-state index in [0.29, 0.717) is 12.1 Å². The predicted octanol–water partition coefficient (Wildman–Crippen LogP) is -0.0196. The minimum atomic E-state index is -4.64. The van der Waals surface area contributed by atoms with E-state index < -0.39 is 34.2 Å². The summed E-state index contributed by atoms with van der Waals surface area (Å²) >= 11 is 0. The van der Waals surface area contributed by atoms with Crippen LogP contribution in [0.3, 0.4) is 0 Å². The third-order valence-corrected chi connectivity index (χ3v) is 5.57. The number of carbonyl (C=O) groups is 1. The standard InChI is InChI=1S/C16H13F3N6O3S/c17-16(18,19)15-21-3-7(4-22-15)10-1-8(23-6-24-10)5-20-14(26)12-13(29(27)28)9-2-11(9)25-12/h1,3-4,6,9,11-12,25H,2,5H2,(H,20,26). The average molecular weight is 426 g/mol. The second-order valence-electron chi connectivity index (χ2n) is 6.59. The van der Waals surface area contributed by atoms with Gasteiger partial charge in [-0.2, -0.15) is 21.6 Å². The van der Waals surface area contributed by atoms with E-state index in [9.17, 15) is 26.4 Å². The third-order valence-electron chi connectivity index (χ3n) is 4.64. The first-order valence-corrected chi connectivity index (χ1v) is 9.52. The van der Waals surface area contributed by atoms with Crippen molar-refractivity contribution in [1.82, 2.24) is 30.6 Å². The van der Waals surface area contributed by atoms with E-state index in [0.717, 1.165) is 12.4 Å². The molecule has 29 heavy (non-hydrogen) atoms. The summed E-state index contributed by atoms with van der Waals surface area (Å²) in [5, 5.41) is 5.58. The molecule has 0 bridgehead atoms. The molecule has 152 valence electrons. The molecule has 2 fully saturated rings. The molecule has 2 aromatic heterocycles. The summed E-state index contributed by atoms with van der Waals surface area (Å²) in [7, 11) is -2.44. The fraction of sp³-hybridized carbons (Fsp3) is 0.375. The third kappa shape index (κ3) is 3.96. The van der Waals surface area contributed by atoms with Crippen LogP contribution in [-0.2, 0) is 27.8 Å². The normalized spacial score (nSPS) is 22.9. The highest BCUT2D eigenvalue weighted by molar-refractivity contribution is 7.73. The monoisotopic (exact) mass is 426 g/mol. The Morgan fingerprint density at radius 2 is 1.93 bits per heavy atom. The molecule has 2 aliphatic rings. The van der Waals surface area contributed by atoms with Crippen LogP contribution in [0.5, 0.6) is 0 Å². The van der Waals surface area contributed by atoms with Gasteiger partial charge in [-0.15, -0.1) is 0 Å². The van der Waals surface area contributed by atoms with Crippen molar-refractivity contribution in [3.8, 4) is 11.3 Å². The number of carbonyl (C=O) groups excluding carboxylic acids is 1. The Labute approximate surface area is 163 Å². The Hall–Kier alpha value is -2.93. The molecule has 0 spiro atoms. The maximum atomic E-state index is 12.6. The van der Waals surface area contributed by atoms with Crippen molar-refractivity contribution >= 4 is 21.1 Å². The highest BCUT2D eigenvalue weighted by Gasteiger charge is 2.54. The molecule has 0 radical (unpaired) electrons. The van der Waals surface area contributed by atoms with Crippen molar-refractivity contribution in [3.63, 3.8) is 0 Å². The number of amides is 1. The second kappa shape index (κ2) is 7.15. The van der Waals surface area contributed by atoms with Gasteiger partial charge in [-0.1, -0.05) is 0 Å². The lowest BCUT2D eigenvalue weighted by Crippen LogP contribution is -2.46. The van der Waals surface area contributed by atoms with Crippen LogP contribution in [0.2, 0.25) is 0 Å².